The number of amides is 2. The van der Waals surface area contributed by atoms with E-state index in [1.54, 1.807) is 11.8 Å². The number of hydrogen-bond donors (Lipinski definition) is 2. The number of piperazine rings is 1. The zero-order valence-corrected chi connectivity index (χ0v) is 13.5. The fourth-order valence-electron chi connectivity index (χ4n) is 2.15. The number of H-pyrrole nitrogens is 1. The molecule has 1 aliphatic heterocycles. The van der Waals surface area contributed by atoms with Crippen molar-refractivity contribution in [1.82, 2.24) is 19.5 Å². The molecule has 0 spiro atoms. The van der Waals surface area contributed by atoms with Crippen LogP contribution in [0.15, 0.2) is 9.00 Å². The molecule has 0 bridgehead atoms. The minimum absolute atomic E-state index is 0.0546. The van der Waals surface area contributed by atoms with Crippen LogP contribution in [-0.2, 0) is 10.0 Å². The van der Waals surface area contributed by atoms with E-state index in [0.29, 0.717) is 36.7 Å². The number of rotatable bonds is 3. The molecule has 2 N–H and O–H groups in total. The van der Waals surface area contributed by atoms with Crippen LogP contribution < -0.4 is 10.2 Å². The first-order chi connectivity index (χ1) is 9.86. The zero-order valence-electron chi connectivity index (χ0n) is 11.9. The monoisotopic (exact) mass is 334 g/mol. The number of carbonyl (C=O) groups is 1. The Balaban J connectivity index is 2.10. The summed E-state index contributed by atoms with van der Waals surface area (Å²) in [6, 6.07) is -0.183. The van der Waals surface area contributed by atoms with Gasteiger partial charge in [-0.05, 0) is 13.8 Å². The highest BCUT2D eigenvalue weighted by atomic mass is 32.2. The van der Waals surface area contributed by atoms with Gasteiger partial charge < -0.3 is 15.2 Å². The summed E-state index contributed by atoms with van der Waals surface area (Å²) in [7, 11) is -3.67. The average molecular weight is 334 g/mol. The van der Waals surface area contributed by atoms with E-state index in [2.05, 4.69) is 10.3 Å². The lowest BCUT2D eigenvalue weighted by atomic mass is 10.4. The van der Waals surface area contributed by atoms with Gasteiger partial charge in [0.15, 0.2) is 4.21 Å². The molecule has 1 saturated heterocycles. The number of urea groups is 1. The summed E-state index contributed by atoms with van der Waals surface area (Å²) >= 11 is 0.697. The van der Waals surface area contributed by atoms with E-state index in [-0.39, 0.29) is 28.2 Å². The molecular weight excluding hydrogens is 316 g/mol. The molecule has 10 heteroatoms. The predicted molar refractivity (Wildman–Crippen MR) is 79.1 cm³/mol. The Morgan fingerprint density at radius 1 is 1.33 bits per heavy atom. The van der Waals surface area contributed by atoms with Gasteiger partial charge in [-0.25, -0.2) is 13.2 Å². The van der Waals surface area contributed by atoms with Gasteiger partial charge in [-0.3, -0.25) is 4.79 Å². The van der Waals surface area contributed by atoms with Crippen molar-refractivity contribution in [3.05, 3.63) is 15.4 Å². The smallest absolute Gasteiger partial charge is 0.317 e. The maximum Gasteiger partial charge on any atom is 0.317 e. The van der Waals surface area contributed by atoms with Gasteiger partial charge >= 0.3 is 10.9 Å². The predicted octanol–water partition coefficient (Wildman–Crippen LogP) is -0.219. The summed E-state index contributed by atoms with van der Waals surface area (Å²) in [6.45, 7) is 5.06. The van der Waals surface area contributed by atoms with E-state index in [1.807, 2.05) is 6.92 Å². The van der Waals surface area contributed by atoms with Crippen LogP contribution in [0.25, 0.3) is 0 Å². The van der Waals surface area contributed by atoms with Crippen LogP contribution in [0.2, 0.25) is 0 Å². The summed E-state index contributed by atoms with van der Waals surface area (Å²) in [5.74, 6) is 0. The molecule has 21 heavy (non-hydrogen) atoms. The van der Waals surface area contributed by atoms with E-state index in [4.69, 9.17) is 0 Å². The molecular formula is C11H18N4O4S2. The SMILES string of the molecule is CCNC(=O)N1CCN(S(=O)(=O)c2sc(=O)[nH]c2C)CC1. The van der Waals surface area contributed by atoms with E-state index in [1.165, 1.54) is 4.31 Å². The molecule has 1 aliphatic rings. The van der Waals surface area contributed by atoms with Crippen molar-refractivity contribution >= 4 is 27.4 Å². The van der Waals surface area contributed by atoms with E-state index >= 15 is 0 Å². The van der Waals surface area contributed by atoms with Crippen LogP contribution in [0.4, 0.5) is 4.79 Å². The van der Waals surface area contributed by atoms with Crippen molar-refractivity contribution in [2.45, 2.75) is 18.1 Å². The highest BCUT2D eigenvalue weighted by Crippen LogP contribution is 2.22. The number of hydrogen-bond acceptors (Lipinski definition) is 5. The van der Waals surface area contributed by atoms with Crippen molar-refractivity contribution in [3.63, 3.8) is 0 Å². The molecule has 2 rings (SSSR count). The summed E-state index contributed by atoms with van der Waals surface area (Å²) in [6.07, 6.45) is 0. The normalized spacial score (nSPS) is 17.0. The molecule has 8 nitrogen and oxygen atoms in total. The van der Waals surface area contributed by atoms with Gasteiger partial charge in [0.25, 0.3) is 10.0 Å². The lowest BCUT2D eigenvalue weighted by Gasteiger charge is -2.33. The zero-order chi connectivity index (χ0) is 15.6. The fourth-order valence-corrected chi connectivity index (χ4v) is 5.01. The summed E-state index contributed by atoms with van der Waals surface area (Å²) in [4.78, 5) is 26.6. The van der Waals surface area contributed by atoms with Gasteiger partial charge in [-0.15, -0.1) is 0 Å². The van der Waals surface area contributed by atoms with Crippen molar-refractivity contribution in [2.24, 2.45) is 0 Å². The van der Waals surface area contributed by atoms with Gasteiger partial charge in [0.1, 0.15) is 0 Å². The van der Waals surface area contributed by atoms with Crippen LogP contribution in [0.5, 0.6) is 0 Å². The molecule has 0 saturated carbocycles. The second-order valence-corrected chi connectivity index (χ2v) is 7.77. The molecule has 1 fully saturated rings. The van der Waals surface area contributed by atoms with E-state index < -0.39 is 10.0 Å². The van der Waals surface area contributed by atoms with Crippen molar-refractivity contribution < 1.29 is 13.2 Å². The largest absolute Gasteiger partial charge is 0.338 e. The van der Waals surface area contributed by atoms with Gasteiger partial charge in [-0.1, -0.05) is 11.3 Å². The first-order valence-electron chi connectivity index (χ1n) is 6.59. The maximum absolute atomic E-state index is 12.5. The quantitative estimate of drug-likeness (QED) is 0.798. The standard InChI is InChI=1S/C11H18N4O4S2/c1-3-12-10(16)14-4-6-15(7-5-14)21(18,19)9-8(2)13-11(17)20-9/h3-7H2,1-2H3,(H,12,16)(H,13,17). The third kappa shape index (κ3) is 3.27. The number of aryl methyl sites for hydroxylation is 1. The second-order valence-electron chi connectivity index (χ2n) is 4.65. The van der Waals surface area contributed by atoms with Crippen molar-refractivity contribution in [1.29, 1.82) is 0 Å². The Bertz CT molecular complexity index is 671. The minimum Gasteiger partial charge on any atom is -0.338 e. The Labute approximate surface area is 126 Å². The molecule has 0 aliphatic carbocycles. The van der Waals surface area contributed by atoms with Gasteiger partial charge in [-0.2, -0.15) is 4.31 Å². The Morgan fingerprint density at radius 2 is 1.95 bits per heavy atom. The second kappa shape index (κ2) is 6.16. The fraction of sp³-hybridized carbons (Fsp3) is 0.636. The molecule has 2 amide bonds. The number of sulfonamides is 1. The Hall–Kier alpha value is -1.39. The third-order valence-corrected chi connectivity index (χ3v) is 6.69. The molecule has 0 aromatic carbocycles. The number of carbonyl (C=O) groups excluding carboxylic acids is 1. The minimum atomic E-state index is -3.67. The van der Waals surface area contributed by atoms with E-state index in [9.17, 15) is 18.0 Å². The number of aromatic nitrogens is 1. The molecule has 2 heterocycles. The highest BCUT2D eigenvalue weighted by Gasteiger charge is 2.32. The third-order valence-electron chi connectivity index (χ3n) is 3.21. The lowest BCUT2D eigenvalue weighted by molar-refractivity contribution is 0.173. The van der Waals surface area contributed by atoms with Gasteiger partial charge in [0.05, 0.1) is 0 Å². The molecule has 1 aromatic rings. The van der Waals surface area contributed by atoms with Crippen LogP contribution in [0.1, 0.15) is 12.6 Å². The molecule has 1 aromatic heterocycles. The van der Waals surface area contributed by atoms with Crippen LogP contribution >= 0.6 is 11.3 Å². The first-order valence-corrected chi connectivity index (χ1v) is 8.84. The van der Waals surface area contributed by atoms with Gasteiger partial charge in [0.2, 0.25) is 0 Å². The highest BCUT2D eigenvalue weighted by molar-refractivity contribution is 7.91. The lowest BCUT2D eigenvalue weighted by Crippen LogP contribution is -2.53. The molecule has 0 atom stereocenters. The first kappa shape index (κ1) is 16.0. The van der Waals surface area contributed by atoms with Crippen LogP contribution in [-0.4, -0.2) is 61.4 Å². The van der Waals surface area contributed by atoms with E-state index in [0.717, 1.165) is 0 Å². The summed E-state index contributed by atoms with van der Waals surface area (Å²) in [5, 5.41) is 2.69. The molecule has 0 unspecified atom stereocenters. The number of nitrogens with one attached hydrogen (secondary N) is 2. The maximum atomic E-state index is 12.5. The van der Waals surface area contributed by atoms with Crippen LogP contribution in [0, 0.1) is 6.92 Å². The average Bonchev–Trinajstić information content (AvgIpc) is 2.79. The Kier molecular flexibility index (Phi) is 4.69. The number of thiazole rings is 1. The Morgan fingerprint density at radius 3 is 2.43 bits per heavy atom. The van der Waals surface area contributed by atoms with Crippen LogP contribution in [0.3, 0.4) is 0 Å². The summed E-state index contributed by atoms with van der Waals surface area (Å²) < 4.78 is 26.3. The van der Waals surface area contributed by atoms with Crippen molar-refractivity contribution in [2.75, 3.05) is 32.7 Å². The number of nitrogens with zero attached hydrogens (tertiary/aromatic N) is 2. The number of aromatic amines is 1. The molecule has 118 valence electrons. The topological polar surface area (TPSA) is 103 Å². The van der Waals surface area contributed by atoms with Crippen molar-refractivity contribution in [3.8, 4) is 0 Å². The molecule has 0 radical (unpaired) electrons. The van der Waals surface area contributed by atoms with Gasteiger partial charge in [0, 0.05) is 38.4 Å². The summed E-state index contributed by atoms with van der Waals surface area (Å²) in [5.41, 5.74) is 0.358.